The monoisotopic (exact) mass is 365 g/mol. The van der Waals surface area contributed by atoms with Crippen molar-refractivity contribution in [3.63, 3.8) is 0 Å². The van der Waals surface area contributed by atoms with E-state index in [-0.39, 0.29) is 11.8 Å². The first-order chi connectivity index (χ1) is 13.2. The fraction of sp³-hybridized carbons (Fsp3) is 0.409. The molecule has 27 heavy (non-hydrogen) atoms. The maximum atomic E-state index is 12.9. The van der Waals surface area contributed by atoms with E-state index in [4.69, 9.17) is 4.42 Å². The second kappa shape index (κ2) is 8.01. The third-order valence-electron chi connectivity index (χ3n) is 5.55. The molecule has 2 aromatic heterocycles. The smallest absolute Gasteiger partial charge is 0.226 e. The molecule has 1 fully saturated rings. The summed E-state index contributed by atoms with van der Waals surface area (Å²) in [6.07, 6.45) is 5.85. The Labute approximate surface area is 160 Å². The fourth-order valence-corrected chi connectivity index (χ4v) is 4.04. The van der Waals surface area contributed by atoms with Gasteiger partial charge in [-0.2, -0.15) is 0 Å². The Morgan fingerprint density at radius 2 is 2.11 bits per heavy atom. The summed E-state index contributed by atoms with van der Waals surface area (Å²) >= 11 is 0. The molecule has 142 valence electrons. The standard InChI is InChI=1S/C22H27N3O2/c1-23(13-14-25-12-10-18-6-2-3-9-21(18)25)22(26)19-7-4-11-24(16-19)17-20-8-5-15-27-20/h2-3,5-6,8-10,12,15,19H,4,7,11,13-14,16-17H2,1H3/t19-/m0/s1. The summed E-state index contributed by atoms with van der Waals surface area (Å²) in [6.45, 7) is 4.18. The Kier molecular flexibility index (Phi) is 5.30. The van der Waals surface area contributed by atoms with Crippen LogP contribution < -0.4 is 0 Å². The van der Waals surface area contributed by atoms with Crippen molar-refractivity contribution in [2.45, 2.75) is 25.9 Å². The highest BCUT2D eigenvalue weighted by Crippen LogP contribution is 2.21. The lowest BCUT2D eigenvalue weighted by Crippen LogP contribution is -2.44. The largest absolute Gasteiger partial charge is 0.468 e. The number of carbonyl (C=O) groups is 1. The molecule has 0 spiro atoms. The van der Waals surface area contributed by atoms with Crippen LogP contribution in [0.4, 0.5) is 0 Å². The fourth-order valence-electron chi connectivity index (χ4n) is 4.04. The molecule has 1 aliphatic heterocycles. The van der Waals surface area contributed by atoms with Crippen molar-refractivity contribution in [2.75, 3.05) is 26.7 Å². The van der Waals surface area contributed by atoms with Crippen molar-refractivity contribution in [3.05, 3.63) is 60.7 Å². The number of fused-ring (bicyclic) bond motifs is 1. The minimum Gasteiger partial charge on any atom is -0.468 e. The maximum absolute atomic E-state index is 12.9. The predicted octanol–water partition coefficient (Wildman–Crippen LogP) is 3.60. The zero-order valence-corrected chi connectivity index (χ0v) is 15.9. The molecule has 4 rings (SSSR count). The topological polar surface area (TPSA) is 41.6 Å². The number of aromatic nitrogens is 1. The molecule has 3 aromatic rings. The zero-order chi connectivity index (χ0) is 18.6. The minimum absolute atomic E-state index is 0.0834. The SMILES string of the molecule is CN(CCn1ccc2ccccc21)C(=O)[C@H]1CCCN(Cc2ccco2)C1. The van der Waals surface area contributed by atoms with Gasteiger partial charge in [-0.15, -0.1) is 0 Å². The summed E-state index contributed by atoms with van der Waals surface area (Å²) < 4.78 is 7.68. The Hall–Kier alpha value is -2.53. The van der Waals surface area contributed by atoms with Crippen molar-refractivity contribution in [2.24, 2.45) is 5.92 Å². The van der Waals surface area contributed by atoms with Crippen LogP contribution in [0.1, 0.15) is 18.6 Å². The molecule has 0 unspecified atom stereocenters. The summed E-state index contributed by atoms with van der Waals surface area (Å²) in [5, 5.41) is 1.24. The van der Waals surface area contributed by atoms with Gasteiger partial charge in [0, 0.05) is 38.4 Å². The number of piperidine rings is 1. The molecular weight excluding hydrogens is 338 g/mol. The Balaban J connectivity index is 1.32. The minimum atomic E-state index is 0.0834. The molecule has 0 radical (unpaired) electrons. The number of hydrogen-bond donors (Lipinski definition) is 0. The molecule has 5 nitrogen and oxygen atoms in total. The van der Waals surface area contributed by atoms with E-state index in [0.717, 1.165) is 51.3 Å². The molecule has 0 aliphatic carbocycles. The van der Waals surface area contributed by atoms with Gasteiger partial charge in [0.1, 0.15) is 5.76 Å². The van der Waals surface area contributed by atoms with Crippen LogP contribution >= 0.6 is 0 Å². The van der Waals surface area contributed by atoms with Crippen LogP contribution in [-0.2, 0) is 17.9 Å². The molecule has 3 heterocycles. The number of likely N-dealkylation sites (N-methyl/N-ethyl adjacent to an activating group) is 1. The second-order valence-electron chi connectivity index (χ2n) is 7.48. The number of benzene rings is 1. The number of amides is 1. The van der Waals surface area contributed by atoms with Crippen LogP contribution in [0, 0.1) is 5.92 Å². The van der Waals surface area contributed by atoms with Crippen molar-refractivity contribution >= 4 is 16.8 Å². The normalized spacial score (nSPS) is 18.0. The lowest BCUT2D eigenvalue weighted by Gasteiger charge is -2.33. The molecule has 1 atom stereocenters. The average Bonchev–Trinajstić information content (AvgIpc) is 3.35. The lowest BCUT2D eigenvalue weighted by atomic mass is 9.96. The van der Waals surface area contributed by atoms with Gasteiger partial charge in [-0.05, 0) is 49.0 Å². The van der Waals surface area contributed by atoms with Gasteiger partial charge in [0.2, 0.25) is 5.91 Å². The van der Waals surface area contributed by atoms with E-state index in [2.05, 4.69) is 46.0 Å². The van der Waals surface area contributed by atoms with Crippen LogP contribution in [0.15, 0.2) is 59.3 Å². The molecule has 1 amide bonds. The zero-order valence-electron chi connectivity index (χ0n) is 15.9. The Bertz CT molecular complexity index is 884. The summed E-state index contributed by atoms with van der Waals surface area (Å²) in [6, 6.07) is 14.4. The molecule has 1 saturated heterocycles. The van der Waals surface area contributed by atoms with Crippen LogP contribution in [-0.4, -0.2) is 47.0 Å². The molecular formula is C22H27N3O2. The number of rotatable bonds is 6. The summed E-state index contributed by atoms with van der Waals surface area (Å²) in [5.41, 5.74) is 1.22. The number of likely N-dealkylation sites (tertiary alicyclic amines) is 1. The summed E-state index contributed by atoms with van der Waals surface area (Å²) in [7, 11) is 1.93. The van der Waals surface area contributed by atoms with E-state index in [1.54, 1.807) is 6.26 Å². The highest BCUT2D eigenvalue weighted by atomic mass is 16.3. The van der Waals surface area contributed by atoms with Crippen molar-refractivity contribution in [3.8, 4) is 0 Å². The van der Waals surface area contributed by atoms with E-state index in [1.807, 2.05) is 24.1 Å². The molecule has 1 aromatic carbocycles. The van der Waals surface area contributed by atoms with Gasteiger partial charge in [-0.1, -0.05) is 18.2 Å². The number of nitrogens with zero attached hydrogens (tertiary/aromatic N) is 3. The number of carbonyl (C=O) groups excluding carboxylic acids is 1. The summed E-state index contributed by atoms with van der Waals surface area (Å²) in [4.78, 5) is 17.2. The van der Waals surface area contributed by atoms with Crippen LogP contribution in [0.3, 0.4) is 0 Å². The second-order valence-corrected chi connectivity index (χ2v) is 7.48. The number of para-hydroxylation sites is 1. The highest BCUT2D eigenvalue weighted by Gasteiger charge is 2.28. The quantitative estimate of drug-likeness (QED) is 0.670. The first kappa shape index (κ1) is 17.9. The van der Waals surface area contributed by atoms with Crippen molar-refractivity contribution in [1.82, 2.24) is 14.4 Å². The van der Waals surface area contributed by atoms with E-state index in [1.165, 1.54) is 10.9 Å². The van der Waals surface area contributed by atoms with Gasteiger partial charge >= 0.3 is 0 Å². The van der Waals surface area contributed by atoms with Gasteiger partial charge in [0.05, 0.1) is 18.7 Å². The third kappa shape index (κ3) is 4.08. The molecule has 1 aliphatic rings. The van der Waals surface area contributed by atoms with Crippen molar-refractivity contribution < 1.29 is 9.21 Å². The van der Waals surface area contributed by atoms with Gasteiger partial charge in [0.15, 0.2) is 0 Å². The van der Waals surface area contributed by atoms with Gasteiger partial charge in [0.25, 0.3) is 0 Å². The lowest BCUT2D eigenvalue weighted by molar-refractivity contribution is -0.136. The molecule has 0 N–H and O–H groups in total. The molecule has 0 saturated carbocycles. The van der Waals surface area contributed by atoms with Crippen molar-refractivity contribution in [1.29, 1.82) is 0 Å². The predicted molar refractivity (Wildman–Crippen MR) is 106 cm³/mol. The first-order valence-corrected chi connectivity index (χ1v) is 9.74. The van der Waals surface area contributed by atoms with Crippen LogP contribution in [0.2, 0.25) is 0 Å². The Morgan fingerprint density at radius 3 is 2.96 bits per heavy atom. The van der Waals surface area contributed by atoms with E-state index in [9.17, 15) is 4.79 Å². The van der Waals surface area contributed by atoms with E-state index < -0.39 is 0 Å². The van der Waals surface area contributed by atoms with Gasteiger partial charge in [-0.3, -0.25) is 9.69 Å². The average molecular weight is 365 g/mol. The third-order valence-corrected chi connectivity index (χ3v) is 5.55. The number of hydrogen-bond acceptors (Lipinski definition) is 3. The number of furan rings is 1. The van der Waals surface area contributed by atoms with Crippen LogP contribution in [0.5, 0.6) is 0 Å². The highest BCUT2D eigenvalue weighted by molar-refractivity contribution is 5.80. The Morgan fingerprint density at radius 1 is 1.22 bits per heavy atom. The maximum Gasteiger partial charge on any atom is 0.226 e. The molecule has 0 bridgehead atoms. The van der Waals surface area contributed by atoms with Crippen LogP contribution in [0.25, 0.3) is 10.9 Å². The van der Waals surface area contributed by atoms with Gasteiger partial charge < -0.3 is 13.9 Å². The molecule has 5 heteroatoms. The van der Waals surface area contributed by atoms with E-state index in [0.29, 0.717) is 0 Å². The first-order valence-electron chi connectivity index (χ1n) is 9.74. The van der Waals surface area contributed by atoms with Gasteiger partial charge in [-0.25, -0.2) is 0 Å². The van der Waals surface area contributed by atoms with E-state index >= 15 is 0 Å². The summed E-state index contributed by atoms with van der Waals surface area (Å²) in [5.74, 6) is 1.31.